The number of carbonyl (C=O) groups is 2. The number of hydrogen-bond donors (Lipinski definition) is 2. The maximum absolute atomic E-state index is 12.3. The first-order valence-electron chi connectivity index (χ1n) is 8.56. The number of para-hydroxylation sites is 1. The second kappa shape index (κ2) is 6.73. The number of piperidine rings is 1. The molecule has 6 heteroatoms. The maximum atomic E-state index is 12.3. The summed E-state index contributed by atoms with van der Waals surface area (Å²) in [6.45, 7) is 3.15. The number of anilines is 1. The Hall–Kier alpha value is -1.59. The van der Waals surface area contributed by atoms with Gasteiger partial charge in [-0.05, 0) is 49.4 Å². The van der Waals surface area contributed by atoms with E-state index in [1.54, 1.807) is 4.90 Å². The number of hydrogen-bond acceptors (Lipinski definition) is 3. The minimum absolute atomic E-state index is 0. The van der Waals surface area contributed by atoms with Crippen LogP contribution in [-0.4, -0.2) is 38.0 Å². The summed E-state index contributed by atoms with van der Waals surface area (Å²) in [4.78, 5) is 26.2. The molecule has 1 unspecified atom stereocenters. The number of rotatable bonds is 4. The summed E-state index contributed by atoms with van der Waals surface area (Å²) in [6, 6.07) is 7.89. The molecule has 130 valence electrons. The third kappa shape index (κ3) is 3.03. The number of nitrogens with zero attached hydrogens (tertiary/aromatic N) is 1. The van der Waals surface area contributed by atoms with Crippen molar-refractivity contribution in [3.05, 3.63) is 29.8 Å². The van der Waals surface area contributed by atoms with Crippen LogP contribution in [0.25, 0.3) is 0 Å². The Kier molecular flexibility index (Phi) is 4.83. The highest BCUT2D eigenvalue weighted by Crippen LogP contribution is 2.58. The number of nitrogens with one attached hydrogen (secondary N) is 2. The lowest BCUT2D eigenvalue weighted by Crippen LogP contribution is -2.38. The zero-order valence-corrected chi connectivity index (χ0v) is 14.5. The first kappa shape index (κ1) is 17.2. The molecule has 1 aromatic rings. The van der Waals surface area contributed by atoms with Gasteiger partial charge in [0.2, 0.25) is 11.8 Å². The molecule has 2 amide bonds. The van der Waals surface area contributed by atoms with Crippen molar-refractivity contribution in [1.29, 1.82) is 0 Å². The molecule has 0 bridgehead atoms. The van der Waals surface area contributed by atoms with Gasteiger partial charge < -0.3 is 15.5 Å². The average molecular weight is 350 g/mol. The third-order valence-electron chi connectivity index (χ3n) is 5.67. The highest BCUT2D eigenvalue weighted by atomic mass is 35.5. The van der Waals surface area contributed by atoms with Crippen LogP contribution in [0.2, 0.25) is 0 Å². The fraction of sp³-hybridized carbons (Fsp3) is 0.556. The first-order chi connectivity index (χ1) is 11.2. The standard InChI is InChI=1S/C18H23N3O2.ClH/c22-16-11-13-3-1-2-4-15(13)21(16)10-9-20-17(23)14-12-18(14)5-7-19-8-6-18;/h1-4,14,19H,5-12H2,(H,20,23);1H. The van der Waals surface area contributed by atoms with Gasteiger partial charge in [0, 0.05) is 24.7 Å². The fourth-order valence-corrected chi connectivity index (χ4v) is 4.17. The van der Waals surface area contributed by atoms with Crippen molar-refractivity contribution in [2.45, 2.75) is 25.7 Å². The van der Waals surface area contributed by atoms with Crippen LogP contribution in [0.1, 0.15) is 24.8 Å². The van der Waals surface area contributed by atoms with Crippen molar-refractivity contribution in [3.8, 4) is 0 Å². The average Bonchev–Trinajstić information content (AvgIpc) is 3.15. The number of carbonyl (C=O) groups excluding carboxylic acids is 2. The van der Waals surface area contributed by atoms with Crippen LogP contribution in [0.4, 0.5) is 5.69 Å². The van der Waals surface area contributed by atoms with E-state index in [0.29, 0.717) is 19.5 Å². The number of halogens is 1. The zero-order valence-electron chi connectivity index (χ0n) is 13.7. The van der Waals surface area contributed by atoms with E-state index in [-0.39, 0.29) is 35.6 Å². The molecular formula is C18H24ClN3O2. The van der Waals surface area contributed by atoms with Crippen LogP contribution in [0.3, 0.4) is 0 Å². The molecular weight excluding hydrogens is 326 g/mol. The molecule has 2 aliphatic heterocycles. The summed E-state index contributed by atoms with van der Waals surface area (Å²) in [7, 11) is 0. The quantitative estimate of drug-likeness (QED) is 0.866. The Morgan fingerprint density at radius 2 is 2.04 bits per heavy atom. The molecule has 4 rings (SSSR count). The second-order valence-electron chi connectivity index (χ2n) is 7.01. The molecule has 2 N–H and O–H groups in total. The van der Waals surface area contributed by atoms with Crippen molar-refractivity contribution in [1.82, 2.24) is 10.6 Å². The number of benzene rings is 1. The topological polar surface area (TPSA) is 61.4 Å². The van der Waals surface area contributed by atoms with Crippen LogP contribution in [-0.2, 0) is 16.0 Å². The van der Waals surface area contributed by atoms with Gasteiger partial charge in [-0.2, -0.15) is 0 Å². The molecule has 3 aliphatic rings. The van der Waals surface area contributed by atoms with E-state index in [2.05, 4.69) is 10.6 Å². The summed E-state index contributed by atoms with van der Waals surface area (Å²) in [5, 5.41) is 6.40. The smallest absolute Gasteiger partial charge is 0.231 e. The minimum Gasteiger partial charge on any atom is -0.354 e. The van der Waals surface area contributed by atoms with E-state index in [1.165, 1.54) is 0 Å². The highest BCUT2D eigenvalue weighted by Gasteiger charge is 2.57. The summed E-state index contributed by atoms with van der Waals surface area (Å²) >= 11 is 0. The van der Waals surface area contributed by atoms with Crippen molar-refractivity contribution in [3.63, 3.8) is 0 Å². The molecule has 1 aromatic carbocycles. The van der Waals surface area contributed by atoms with E-state index in [1.807, 2.05) is 24.3 Å². The Balaban J connectivity index is 0.00000169. The maximum Gasteiger partial charge on any atom is 0.231 e. The van der Waals surface area contributed by atoms with Crippen molar-refractivity contribution in [2.24, 2.45) is 11.3 Å². The van der Waals surface area contributed by atoms with E-state index < -0.39 is 0 Å². The molecule has 0 radical (unpaired) electrons. The van der Waals surface area contributed by atoms with Crippen molar-refractivity contribution in [2.75, 3.05) is 31.1 Å². The lowest BCUT2D eigenvalue weighted by molar-refractivity contribution is -0.123. The summed E-state index contributed by atoms with van der Waals surface area (Å²) in [6.07, 6.45) is 3.74. The lowest BCUT2D eigenvalue weighted by atomic mass is 9.92. The molecule has 2 heterocycles. The largest absolute Gasteiger partial charge is 0.354 e. The van der Waals surface area contributed by atoms with Crippen LogP contribution >= 0.6 is 12.4 Å². The van der Waals surface area contributed by atoms with Gasteiger partial charge in [-0.15, -0.1) is 12.4 Å². The van der Waals surface area contributed by atoms with Crippen LogP contribution < -0.4 is 15.5 Å². The second-order valence-corrected chi connectivity index (χ2v) is 7.01. The van der Waals surface area contributed by atoms with Gasteiger partial charge in [0.15, 0.2) is 0 Å². The predicted octanol–water partition coefficient (Wildman–Crippen LogP) is 1.50. The molecule has 0 aromatic heterocycles. The normalized spacial score (nSPS) is 23.6. The van der Waals surface area contributed by atoms with Gasteiger partial charge in [-0.25, -0.2) is 0 Å². The Morgan fingerprint density at radius 1 is 1.29 bits per heavy atom. The van der Waals surface area contributed by atoms with E-state index in [9.17, 15) is 9.59 Å². The molecule has 1 saturated heterocycles. The minimum atomic E-state index is 0. The SMILES string of the molecule is Cl.O=C(NCCN1C(=O)Cc2ccccc21)C1CC12CCNCC2. The van der Waals surface area contributed by atoms with Gasteiger partial charge in [0.25, 0.3) is 0 Å². The Morgan fingerprint density at radius 3 is 2.83 bits per heavy atom. The van der Waals surface area contributed by atoms with Gasteiger partial charge in [-0.3, -0.25) is 9.59 Å². The van der Waals surface area contributed by atoms with E-state index in [4.69, 9.17) is 0 Å². The van der Waals surface area contributed by atoms with Gasteiger partial charge in [0.1, 0.15) is 0 Å². The third-order valence-corrected chi connectivity index (χ3v) is 5.67. The fourth-order valence-electron chi connectivity index (χ4n) is 4.17. The molecule has 5 nitrogen and oxygen atoms in total. The van der Waals surface area contributed by atoms with Gasteiger partial charge >= 0.3 is 0 Å². The summed E-state index contributed by atoms with van der Waals surface area (Å²) in [5.74, 6) is 0.486. The summed E-state index contributed by atoms with van der Waals surface area (Å²) < 4.78 is 0. The molecule has 1 atom stereocenters. The highest BCUT2D eigenvalue weighted by molar-refractivity contribution is 6.01. The molecule has 2 fully saturated rings. The lowest BCUT2D eigenvalue weighted by Gasteiger charge is -2.23. The molecule has 1 spiro atoms. The first-order valence-corrected chi connectivity index (χ1v) is 8.56. The van der Waals surface area contributed by atoms with Gasteiger partial charge in [0.05, 0.1) is 6.42 Å². The van der Waals surface area contributed by atoms with Crippen LogP contribution in [0.15, 0.2) is 24.3 Å². The van der Waals surface area contributed by atoms with Crippen LogP contribution in [0.5, 0.6) is 0 Å². The monoisotopic (exact) mass is 349 g/mol. The summed E-state index contributed by atoms with van der Waals surface area (Å²) in [5.41, 5.74) is 2.35. The van der Waals surface area contributed by atoms with Crippen molar-refractivity contribution >= 4 is 29.9 Å². The Labute approximate surface area is 148 Å². The van der Waals surface area contributed by atoms with Crippen molar-refractivity contribution < 1.29 is 9.59 Å². The number of amides is 2. The molecule has 1 saturated carbocycles. The van der Waals surface area contributed by atoms with Gasteiger partial charge in [-0.1, -0.05) is 18.2 Å². The Bertz CT molecular complexity index is 643. The molecule has 24 heavy (non-hydrogen) atoms. The van der Waals surface area contributed by atoms with E-state index >= 15 is 0 Å². The zero-order chi connectivity index (χ0) is 15.9. The number of fused-ring (bicyclic) bond motifs is 1. The molecule has 1 aliphatic carbocycles. The van der Waals surface area contributed by atoms with Crippen LogP contribution in [0, 0.1) is 11.3 Å². The van der Waals surface area contributed by atoms with E-state index in [0.717, 1.165) is 43.6 Å². The predicted molar refractivity (Wildman–Crippen MR) is 95.4 cm³/mol.